The highest BCUT2D eigenvalue weighted by Crippen LogP contribution is 2.08. The smallest absolute Gasteiger partial charge is 0.0434 e. The molecule has 1 atom stereocenters. The Hall–Kier alpha value is -0.920. The van der Waals surface area contributed by atoms with E-state index in [1.165, 1.54) is 0 Å². The molecule has 0 aromatic heterocycles. The molecule has 2 nitrogen and oxygen atoms in total. The van der Waals surface area contributed by atoms with Crippen molar-refractivity contribution in [3.8, 4) is 0 Å². The van der Waals surface area contributed by atoms with Gasteiger partial charge in [-0.25, -0.2) is 0 Å². The van der Waals surface area contributed by atoms with E-state index in [0.717, 1.165) is 18.6 Å². The Balaban J connectivity index is 4.11. The van der Waals surface area contributed by atoms with Crippen LogP contribution in [0.2, 0.25) is 0 Å². The Labute approximate surface area is 75.1 Å². The first-order valence-electron chi connectivity index (χ1n) is 4.39. The molecule has 0 N–H and O–H groups in total. The number of hydrogen-bond acceptors (Lipinski definition) is 2. The van der Waals surface area contributed by atoms with E-state index in [1.54, 1.807) is 0 Å². The minimum atomic E-state index is 0.483. The van der Waals surface area contributed by atoms with Gasteiger partial charge in [0, 0.05) is 12.4 Å². The van der Waals surface area contributed by atoms with Gasteiger partial charge in [0.1, 0.15) is 0 Å². The van der Waals surface area contributed by atoms with Crippen molar-refractivity contribution in [1.82, 2.24) is 0 Å². The van der Waals surface area contributed by atoms with Crippen LogP contribution in [0.1, 0.15) is 33.6 Å². The molecule has 68 valence electrons. The summed E-state index contributed by atoms with van der Waals surface area (Å²) in [6, 6.07) is 0. The first kappa shape index (κ1) is 11.1. The van der Waals surface area contributed by atoms with E-state index in [0.29, 0.717) is 5.92 Å². The molecule has 0 spiro atoms. The number of rotatable bonds is 5. The zero-order valence-electron chi connectivity index (χ0n) is 8.25. The van der Waals surface area contributed by atoms with E-state index in [9.17, 15) is 0 Å². The lowest BCUT2D eigenvalue weighted by atomic mass is 10.00. The van der Waals surface area contributed by atoms with E-state index < -0.39 is 0 Å². The van der Waals surface area contributed by atoms with Gasteiger partial charge in [-0.2, -0.15) is 10.2 Å². The molecule has 0 rings (SSSR count). The van der Waals surface area contributed by atoms with Crippen LogP contribution in [0, 0.1) is 5.92 Å². The molecule has 0 aliphatic rings. The molecule has 0 fully saturated rings. The Morgan fingerprint density at radius 3 is 2.67 bits per heavy atom. The van der Waals surface area contributed by atoms with Crippen molar-refractivity contribution < 1.29 is 0 Å². The fourth-order valence-electron chi connectivity index (χ4n) is 1.08. The minimum Gasteiger partial charge on any atom is -0.167 e. The summed E-state index contributed by atoms with van der Waals surface area (Å²) in [4.78, 5) is 0. The number of hydrogen-bond donors (Lipinski definition) is 0. The summed E-state index contributed by atoms with van der Waals surface area (Å²) in [6.07, 6.45) is 6.21. The summed E-state index contributed by atoms with van der Waals surface area (Å²) in [6.45, 7) is 9.64. The summed E-state index contributed by atoms with van der Waals surface area (Å²) >= 11 is 0. The van der Waals surface area contributed by atoms with Gasteiger partial charge >= 0.3 is 0 Å². The van der Waals surface area contributed by atoms with Crippen molar-refractivity contribution in [1.29, 1.82) is 0 Å². The van der Waals surface area contributed by atoms with Crippen molar-refractivity contribution in [2.24, 2.45) is 16.1 Å². The molecule has 0 heterocycles. The predicted molar refractivity (Wildman–Crippen MR) is 55.9 cm³/mol. The number of nitrogens with zero attached hydrogens (tertiary/aromatic N) is 2. The van der Waals surface area contributed by atoms with Crippen LogP contribution < -0.4 is 0 Å². The summed E-state index contributed by atoms with van der Waals surface area (Å²) in [5, 5.41) is 7.54. The second-order valence-corrected chi connectivity index (χ2v) is 2.79. The highest BCUT2D eigenvalue weighted by atomic mass is 15.2. The molecule has 0 aliphatic carbocycles. The highest BCUT2D eigenvalue weighted by Gasteiger charge is 2.05. The average molecular weight is 166 g/mol. The van der Waals surface area contributed by atoms with E-state index in [4.69, 9.17) is 0 Å². The van der Waals surface area contributed by atoms with E-state index in [2.05, 4.69) is 42.9 Å². The topological polar surface area (TPSA) is 24.7 Å². The monoisotopic (exact) mass is 166 g/mol. The van der Waals surface area contributed by atoms with Crippen LogP contribution in [0.15, 0.2) is 22.4 Å². The van der Waals surface area contributed by atoms with Gasteiger partial charge in [0.15, 0.2) is 0 Å². The summed E-state index contributed by atoms with van der Waals surface area (Å²) in [5.41, 5.74) is 1.13. The molecule has 0 aliphatic heterocycles. The molecule has 2 heteroatoms. The van der Waals surface area contributed by atoms with Gasteiger partial charge in [-0.05, 0) is 25.7 Å². The molecule has 0 bridgehead atoms. The van der Waals surface area contributed by atoms with Crippen LogP contribution >= 0.6 is 0 Å². The third-order valence-electron chi connectivity index (χ3n) is 1.86. The van der Waals surface area contributed by atoms with Crippen molar-refractivity contribution in [2.45, 2.75) is 33.6 Å². The van der Waals surface area contributed by atoms with Crippen LogP contribution in [0.25, 0.3) is 0 Å². The van der Waals surface area contributed by atoms with Gasteiger partial charge < -0.3 is 0 Å². The fraction of sp³-hybridized carbons (Fsp3) is 0.600. The molecular weight excluding hydrogens is 148 g/mol. The van der Waals surface area contributed by atoms with Crippen molar-refractivity contribution in [3.63, 3.8) is 0 Å². The van der Waals surface area contributed by atoms with E-state index >= 15 is 0 Å². The van der Waals surface area contributed by atoms with E-state index in [1.807, 2.05) is 6.92 Å². The zero-order valence-corrected chi connectivity index (χ0v) is 8.25. The van der Waals surface area contributed by atoms with Crippen LogP contribution in [0.5, 0.6) is 0 Å². The Kier molecular flexibility index (Phi) is 6.25. The van der Waals surface area contributed by atoms with Crippen LogP contribution in [0.4, 0.5) is 0 Å². The molecule has 0 saturated heterocycles. The van der Waals surface area contributed by atoms with Gasteiger partial charge in [0.25, 0.3) is 0 Å². The second-order valence-electron chi connectivity index (χ2n) is 2.79. The lowest BCUT2D eigenvalue weighted by molar-refractivity contribution is 0.766. The first-order chi connectivity index (χ1) is 5.76. The van der Waals surface area contributed by atoms with Crippen LogP contribution in [0.3, 0.4) is 0 Å². The van der Waals surface area contributed by atoms with E-state index in [-0.39, 0.29) is 0 Å². The molecule has 0 radical (unpaired) electrons. The highest BCUT2D eigenvalue weighted by molar-refractivity contribution is 5.86. The summed E-state index contributed by atoms with van der Waals surface area (Å²) in [5.74, 6) is 0.483. The van der Waals surface area contributed by atoms with Crippen molar-refractivity contribution >= 4 is 12.4 Å². The van der Waals surface area contributed by atoms with Gasteiger partial charge in [-0.3, -0.25) is 0 Å². The minimum absolute atomic E-state index is 0.483. The maximum atomic E-state index is 3.99. The zero-order chi connectivity index (χ0) is 9.40. The Bertz CT molecular complexity index is 180. The Morgan fingerprint density at radius 2 is 2.25 bits per heavy atom. The second kappa shape index (κ2) is 6.77. The normalized spacial score (nSPS) is 15.1. The van der Waals surface area contributed by atoms with Gasteiger partial charge in [0.2, 0.25) is 0 Å². The maximum absolute atomic E-state index is 3.99. The third kappa shape index (κ3) is 4.06. The lowest BCUT2D eigenvalue weighted by Gasteiger charge is -2.08. The SMILES string of the molecule is C=N/N=C(/CC)C(C)CC=CC. The molecule has 0 amide bonds. The predicted octanol–water partition coefficient (Wildman–Crippen LogP) is 3.06. The standard InChI is InChI=1S/C10H18N2/c1-5-7-8-9(3)10(6-2)12-11-4/h5,7,9H,4,6,8H2,1-3H3/b7-5?,12-10-. The summed E-state index contributed by atoms with van der Waals surface area (Å²) < 4.78 is 0. The van der Waals surface area contributed by atoms with Crippen LogP contribution in [-0.4, -0.2) is 12.4 Å². The molecule has 0 aromatic rings. The Morgan fingerprint density at radius 1 is 1.58 bits per heavy atom. The third-order valence-corrected chi connectivity index (χ3v) is 1.86. The maximum Gasteiger partial charge on any atom is 0.0434 e. The van der Waals surface area contributed by atoms with Gasteiger partial charge in [0.05, 0.1) is 0 Å². The average Bonchev–Trinajstić information content (AvgIpc) is 2.10. The van der Waals surface area contributed by atoms with Crippen molar-refractivity contribution in [3.05, 3.63) is 12.2 Å². The van der Waals surface area contributed by atoms with Gasteiger partial charge in [-0.1, -0.05) is 26.0 Å². The fourth-order valence-corrected chi connectivity index (χ4v) is 1.08. The van der Waals surface area contributed by atoms with Crippen molar-refractivity contribution in [2.75, 3.05) is 0 Å². The molecule has 0 saturated carbocycles. The van der Waals surface area contributed by atoms with Crippen LogP contribution in [-0.2, 0) is 0 Å². The molecule has 0 aromatic carbocycles. The lowest BCUT2D eigenvalue weighted by Crippen LogP contribution is -2.08. The first-order valence-corrected chi connectivity index (χ1v) is 4.39. The summed E-state index contributed by atoms with van der Waals surface area (Å²) in [7, 11) is 0. The molecule has 12 heavy (non-hydrogen) atoms. The molecule has 1 unspecified atom stereocenters. The largest absolute Gasteiger partial charge is 0.167 e. The molecular formula is C10H18N2. The van der Waals surface area contributed by atoms with Gasteiger partial charge in [-0.15, -0.1) is 0 Å². The number of allylic oxidation sites excluding steroid dienone is 2. The quantitative estimate of drug-likeness (QED) is 0.341.